The fourth-order valence-corrected chi connectivity index (χ4v) is 3.58. The molecular weight excluding hydrogens is 449 g/mol. The van der Waals surface area contributed by atoms with E-state index < -0.39 is 63.9 Å². The number of hydrogen-bond acceptors (Lipinski definition) is 3. The Balaban J connectivity index is 2.33. The lowest BCUT2D eigenvalue weighted by Crippen LogP contribution is -2.29. The van der Waals surface area contributed by atoms with Crippen LogP contribution in [0.2, 0.25) is 0 Å². The van der Waals surface area contributed by atoms with Crippen molar-refractivity contribution in [1.29, 1.82) is 0 Å². The lowest BCUT2D eigenvalue weighted by Gasteiger charge is -2.32. The summed E-state index contributed by atoms with van der Waals surface area (Å²) in [6.45, 7) is 4.78. The van der Waals surface area contributed by atoms with Crippen molar-refractivity contribution in [3.8, 4) is 0 Å². The number of halogens is 7. The van der Waals surface area contributed by atoms with Gasteiger partial charge in [-0.15, -0.1) is 0 Å². The average molecular weight is 466 g/mol. The van der Waals surface area contributed by atoms with Gasteiger partial charge >= 0.3 is 18.0 Å². The molecule has 0 aliphatic rings. The van der Waals surface area contributed by atoms with Gasteiger partial charge in [-0.25, -0.2) is 13.9 Å². The third-order valence-corrected chi connectivity index (χ3v) is 4.72. The Bertz CT molecular complexity index is 1280. The highest BCUT2D eigenvalue weighted by Crippen LogP contribution is 2.40. The Kier molecular flexibility index (Phi) is 5.51. The molecule has 2 aromatic heterocycles. The van der Waals surface area contributed by atoms with E-state index in [0.29, 0.717) is 12.1 Å². The molecule has 0 amide bonds. The van der Waals surface area contributed by atoms with Gasteiger partial charge in [0.1, 0.15) is 16.9 Å². The molecule has 2 N–H and O–H groups in total. The van der Waals surface area contributed by atoms with Crippen LogP contribution >= 0.6 is 0 Å². The summed E-state index contributed by atoms with van der Waals surface area (Å²) in [7, 11) is 0. The number of hydrogen-bond donors (Lipinski definition) is 2. The van der Waals surface area contributed by atoms with Crippen molar-refractivity contribution >= 4 is 11.0 Å². The highest BCUT2D eigenvalue weighted by atomic mass is 19.4. The first-order valence-corrected chi connectivity index (χ1v) is 9.16. The van der Waals surface area contributed by atoms with E-state index in [1.165, 1.54) is 0 Å². The van der Waals surface area contributed by atoms with Crippen molar-refractivity contribution in [2.75, 3.05) is 0 Å². The minimum absolute atomic E-state index is 0.0490. The van der Waals surface area contributed by atoms with Crippen molar-refractivity contribution < 1.29 is 30.7 Å². The summed E-state index contributed by atoms with van der Waals surface area (Å²) in [6, 6.07) is 0.966. The number of benzene rings is 1. The van der Waals surface area contributed by atoms with Crippen LogP contribution in [0.15, 0.2) is 27.8 Å². The molecule has 0 radical (unpaired) electrons. The quantitative estimate of drug-likeness (QED) is 0.565. The van der Waals surface area contributed by atoms with Crippen LogP contribution in [-0.4, -0.2) is 25.9 Å². The highest BCUT2D eigenvalue weighted by molar-refractivity contribution is 5.77. The summed E-state index contributed by atoms with van der Waals surface area (Å²) in [6.07, 6.45) is -11.3. The molecule has 2 heterocycles. The number of rotatable bonds is 3. The summed E-state index contributed by atoms with van der Waals surface area (Å²) in [5.74, 6) is -1.58. The Morgan fingerprint density at radius 3 is 2.16 bits per heavy atom. The molecule has 0 saturated heterocycles. The molecule has 0 spiro atoms. The number of nitrogens with zero attached hydrogens (tertiary/aromatic N) is 2. The standard InChI is InChI=1S/C19H17F7N4O2/c1-17(2,3)13(8-4-5-9(10(20)6-8)19(24,25)26)30-14-12(15(31)28-16(32)27-14)11(29-30)7-18(21,22)23/h4-6,13H,7H2,1-3H3,(H2,27,28,31,32)/t13-/m1/s1. The Morgan fingerprint density at radius 1 is 1.03 bits per heavy atom. The molecule has 174 valence electrons. The van der Waals surface area contributed by atoms with Crippen molar-refractivity contribution in [2.45, 2.75) is 45.6 Å². The average Bonchev–Trinajstić information content (AvgIpc) is 2.88. The van der Waals surface area contributed by atoms with E-state index in [1.807, 2.05) is 4.98 Å². The monoisotopic (exact) mass is 466 g/mol. The van der Waals surface area contributed by atoms with Crippen LogP contribution in [0.5, 0.6) is 0 Å². The van der Waals surface area contributed by atoms with E-state index in [4.69, 9.17) is 0 Å². The number of aromatic nitrogens is 4. The van der Waals surface area contributed by atoms with Crippen molar-refractivity contribution in [2.24, 2.45) is 5.41 Å². The van der Waals surface area contributed by atoms with Gasteiger partial charge in [-0.1, -0.05) is 26.8 Å². The molecule has 3 rings (SSSR count). The summed E-state index contributed by atoms with van der Waals surface area (Å²) in [5.41, 5.74) is -5.69. The first kappa shape index (κ1) is 23.5. The predicted molar refractivity (Wildman–Crippen MR) is 99.7 cm³/mol. The number of H-pyrrole nitrogens is 2. The lowest BCUT2D eigenvalue weighted by molar-refractivity contribution is -0.140. The number of fused-ring (bicyclic) bond motifs is 1. The van der Waals surface area contributed by atoms with E-state index in [1.54, 1.807) is 20.8 Å². The smallest absolute Gasteiger partial charge is 0.292 e. The predicted octanol–water partition coefficient (Wildman–Crippen LogP) is 4.31. The molecule has 1 aromatic carbocycles. The Morgan fingerprint density at radius 2 is 1.66 bits per heavy atom. The van der Waals surface area contributed by atoms with Gasteiger partial charge in [0.2, 0.25) is 0 Å². The minimum atomic E-state index is -4.95. The second kappa shape index (κ2) is 7.48. The molecule has 0 fully saturated rings. The van der Waals surface area contributed by atoms with Crippen LogP contribution in [0.1, 0.15) is 43.6 Å². The number of alkyl halides is 6. The van der Waals surface area contributed by atoms with Crippen molar-refractivity contribution in [1.82, 2.24) is 19.7 Å². The van der Waals surface area contributed by atoms with Crippen LogP contribution in [0, 0.1) is 11.2 Å². The van der Waals surface area contributed by atoms with Gasteiger partial charge < -0.3 is 0 Å². The number of nitrogens with one attached hydrogen (secondary N) is 2. The van der Waals surface area contributed by atoms with Gasteiger partial charge in [0.15, 0.2) is 0 Å². The van der Waals surface area contributed by atoms with Gasteiger partial charge in [0.25, 0.3) is 5.56 Å². The molecule has 1 atom stereocenters. The minimum Gasteiger partial charge on any atom is -0.292 e. The molecular formula is C19H17F7N4O2. The molecule has 0 unspecified atom stereocenters. The van der Waals surface area contributed by atoms with Crippen LogP contribution in [0.3, 0.4) is 0 Å². The Labute approximate surface area is 175 Å². The molecule has 0 aliphatic carbocycles. The normalized spacial score (nSPS) is 14.2. The van der Waals surface area contributed by atoms with Crippen molar-refractivity contribution in [3.63, 3.8) is 0 Å². The highest BCUT2D eigenvalue weighted by Gasteiger charge is 2.38. The SMILES string of the molecule is CC(C)(C)[C@@H](c1ccc(C(F)(F)F)c(F)c1)n1nc(CC(F)(F)F)c2c(=O)[nH]c(=O)[nH]c21. The maximum atomic E-state index is 14.3. The molecule has 3 aromatic rings. The summed E-state index contributed by atoms with van der Waals surface area (Å²) in [4.78, 5) is 28.1. The van der Waals surface area contributed by atoms with Gasteiger partial charge in [-0.05, 0) is 23.1 Å². The van der Waals surface area contributed by atoms with Crippen LogP contribution < -0.4 is 11.2 Å². The van der Waals surface area contributed by atoms with Crippen LogP contribution in [0.25, 0.3) is 11.0 Å². The molecule has 0 bridgehead atoms. The van der Waals surface area contributed by atoms with Crippen molar-refractivity contribution in [3.05, 3.63) is 61.7 Å². The van der Waals surface area contributed by atoms with E-state index in [-0.39, 0.29) is 11.2 Å². The fourth-order valence-electron chi connectivity index (χ4n) is 3.58. The Hall–Kier alpha value is -3.12. The maximum Gasteiger partial charge on any atom is 0.419 e. The molecule has 0 aliphatic heterocycles. The molecule has 0 saturated carbocycles. The first-order chi connectivity index (χ1) is 14.5. The topological polar surface area (TPSA) is 83.5 Å². The van der Waals surface area contributed by atoms with Gasteiger partial charge in [0.05, 0.1) is 23.7 Å². The van der Waals surface area contributed by atoms with Crippen LogP contribution in [0.4, 0.5) is 30.7 Å². The van der Waals surface area contributed by atoms with Gasteiger partial charge in [-0.2, -0.15) is 31.4 Å². The van der Waals surface area contributed by atoms with E-state index >= 15 is 0 Å². The molecule has 32 heavy (non-hydrogen) atoms. The maximum absolute atomic E-state index is 14.3. The van der Waals surface area contributed by atoms with E-state index in [0.717, 1.165) is 10.7 Å². The third-order valence-electron chi connectivity index (χ3n) is 4.72. The molecule has 6 nitrogen and oxygen atoms in total. The fraction of sp³-hybridized carbons (Fsp3) is 0.421. The summed E-state index contributed by atoms with van der Waals surface area (Å²) < 4.78 is 93.2. The molecule has 13 heteroatoms. The summed E-state index contributed by atoms with van der Waals surface area (Å²) >= 11 is 0. The van der Waals surface area contributed by atoms with Crippen LogP contribution in [-0.2, 0) is 12.6 Å². The van der Waals surface area contributed by atoms with Gasteiger partial charge in [0, 0.05) is 0 Å². The third kappa shape index (κ3) is 4.55. The van der Waals surface area contributed by atoms with Gasteiger partial charge in [-0.3, -0.25) is 14.8 Å². The zero-order valence-electron chi connectivity index (χ0n) is 16.9. The first-order valence-electron chi connectivity index (χ1n) is 9.16. The summed E-state index contributed by atoms with van der Waals surface area (Å²) in [5, 5.41) is 3.36. The zero-order chi connectivity index (χ0) is 24.2. The number of aromatic amines is 2. The van der Waals surface area contributed by atoms with E-state index in [2.05, 4.69) is 10.1 Å². The zero-order valence-corrected chi connectivity index (χ0v) is 16.9. The largest absolute Gasteiger partial charge is 0.419 e. The second-order valence-electron chi connectivity index (χ2n) is 8.32. The second-order valence-corrected chi connectivity index (χ2v) is 8.32. The van der Waals surface area contributed by atoms with E-state index in [9.17, 15) is 40.3 Å². The lowest BCUT2D eigenvalue weighted by atomic mass is 9.82.